The van der Waals surface area contributed by atoms with Crippen LogP contribution in [-0.4, -0.2) is 24.1 Å². The predicted octanol–water partition coefficient (Wildman–Crippen LogP) is 3.65. The maximum Gasteiger partial charge on any atom is 0.418 e. The van der Waals surface area contributed by atoms with Crippen molar-refractivity contribution in [2.75, 3.05) is 18.4 Å². The first-order valence-electron chi connectivity index (χ1n) is 8.87. The molecule has 0 radical (unpaired) electrons. The van der Waals surface area contributed by atoms with E-state index in [1.165, 1.54) is 18.2 Å². The summed E-state index contributed by atoms with van der Waals surface area (Å²) in [5, 5.41) is 15.4. The number of amides is 1. The Morgan fingerprint density at radius 3 is 2.33 bits per heavy atom. The molecule has 2 aliphatic rings. The van der Waals surface area contributed by atoms with E-state index >= 15 is 0 Å². The average molecular weight is 376 g/mol. The molecule has 3 N–H and O–H groups in total. The van der Waals surface area contributed by atoms with Gasteiger partial charge in [-0.05, 0) is 61.2 Å². The van der Waals surface area contributed by atoms with Crippen molar-refractivity contribution in [3.8, 4) is 5.75 Å². The van der Waals surface area contributed by atoms with Crippen molar-refractivity contribution in [1.82, 2.24) is 5.32 Å². The quantitative estimate of drug-likeness (QED) is 0.750. The first-order chi connectivity index (χ1) is 12.8. The predicted molar refractivity (Wildman–Crippen MR) is 94.6 cm³/mol. The number of anilines is 1. The monoisotopic (exact) mass is 376 g/mol. The largest absolute Gasteiger partial charge is 0.508 e. The van der Waals surface area contributed by atoms with Crippen molar-refractivity contribution in [3.63, 3.8) is 0 Å². The van der Waals surface area contributed by atoms with E-state index in [2.05, 4.69) is 10.6 Å². The molecule has 2 heterocycles. The second-order valence-electron chi connectivity index (χ2n) is 7.06. The number of phenols is 1. The first-order valence-corrected chi connectivity index (χ1v) is 8.87. The van der Waals surface area contributed by atoms with Gasteiger partial charge < -0.3 is 15.7 Å². The van der Waals surface area contributed by atoms with Gasteiger partial charge in [-0.3, -0.25) is 4.79 Å². The molecule has 4 nitrogen and oxygen atoms in total. The summed E-state index contributed by atoms with van der Waals surface area (Å²) >= 11 is 0. The Bertz CT molecular complexity index is 874. The van der Waals surface area contributed by atoms with Gasteiger partial charge in [-0.1, -0.05) is 24.3 Å². The van der Waals surface area contributed by atoms with Gasteiger partial charge >= 0.3 is 6.18 Å². The number of carbonyl (C=O) groups is 1. The van der Waals surface area contributed by atoms with Gasteiger partial charge in [0.2, 0.25) is 5.91 Å². The van der Waals surface area contributed by atoms with Crippen LogP contribution < -0.4 is 10.6 Å². The summed E-state index contributed by atoms with van der Waals surface area (Å²) in [6, 6.07) is 10.2. The van der Waals surface area contributed by atoms with Gasteiger partial charge in [0.25, 0.3) is 0 Å². The Kier molecular flexibility index (Phi) is 4.14. The molecule has 2 aromatic carbocycles. The third kappa shape index (κ3) is 2.68. The Balaban J connectivity index is 1.98. The van der Waals surface area contributed by atoms with Crippen molar-refractivity contribution in [1.29, 1.82) is 0 Å². The number of halogens is 3. The minimum absolute atomic E-state index is 0.0434. The molecule has 0 bridgehead atoms. The molecular formula is C20H19F3N2O2. The van der Waals surface area contributed by atoms with Crippen molar-refractivity contribution in [2.45, 2.75) is 24.4 Å². The van der Waals surface area contributed by atoms with Gasteiger partial charge in [-0.25, -0.2) is 0 Å². The van der Waals surface area contributed by atoms with E-state index in [4.69, 9.17) is 0 Å². The number of aromatic hydroxyl groups is 1. The number of benzene rings is 2. The molecule has 4 rings (SSSR count). The zero-order valence-corrected chi connectivity index (χ0v) is 14.4. The highest BCUT2D eigenvalue weighted by Crippen LogP contribution is 2.53. The lowest BCUT2D eigenvalue weighted by molar-refractivity contribution is -0.136. The number of carbonyl (C=O) groups excluding carboxylic acids is 1. The van der Waals surface area contributed by atoms with E-state index in [0.29, 0.717) is 37.1 Å². The number of rotatable bonds is 2. The molecule has 1 amide bonds. The Morgan fingerprint density at radius 1 is 1.04 bits per heavy atom. The normalized spacial score (nSPS) is 23.1. The molecule has 2 aromatic rings. The fraction of sp³-hybridized carbons (Fsp3) is 0.350. The van der Waals surface area contributed by atoms with Crippen LogP contribution in [0.15, 0.2) is 42.5 Å². The van der Waals surface area contributed by atoms with E-state index < -0.39 is 23.1 Å². The topological polar surface area (TPSA) is 61.4 Å². The minimum Gasteiger partial charge on any atom is -0.508 e. The molecule has 7 heteroatoms. The highest BCUT2D eigenvalue weighted by atomic mass is 19.4. The van der Waals surface area contributed by atoms with E-state index in [9.17, 15) is 23.1 Å². The Hall–Kier alpha value is -2.54. The third-order valence-electron chi connectivity index (χ3n) is 5.67. The lowest BCUT2D eigenvalue weighted by atomic mass is 9.63. The van der Waals surface area contributed by atoms with Crippen LogP contribution in [0.25, 0.3) is 0 Å². The Morgan fingerprint density at radius 2 is 1.70 bits per heavy atom. The molecule has 0 spiro atoms. The van der Waals surface area contributed by atoms with Gasteiger partial charge in [-0.2, -0.15) is 13.2 Å². The summed E-state index contributed by atoms with van der Waals surface area (Å²) in [5.41, 5.74) is -1.22. The summed E-state index contributed by atoms with van der Waals surface area (Å²) in [6.07, 6.45) is -3.22. The number of nitrogens with one attached hydrogen (secondary N) is 2. The van der Waals surface area contributed by atoms with Crippen LogP contribution in [0.1, 0.15) is 29.5 Å². The number of piperidine rings is 1. The average Bonchev–Trinajstić information content (AvgIpc) is 2.95. The van der Waals surface area contributed by atoms with Crippen LogP contribution in [0.5, 0.6) is 5.75 Å². The van der Waals surface area contributed by atoms with Gasteiger partial charge in [0, 0.05) is 0 Å². The van der Waals surface area contributed by atoms with E-state index in [1.54, 1.807) is 18.2 Å². The second kappa shape index (κ2) is 6.27. The number of phenolic OH excluding ortho intramolecular Hbond substituents is 1. The summed E-state index contributed by atoms with van der Waals surface area (Å²) in [6.45, 7) is 1.40. The highest BCUT2D eigenvalue weighted by Gasteiger charge is 2.55. The molecule has 0 aromatic heterocycles. The molecule has 0 saturated carbocycles. The van der Waals surface area contributed by atoms with Crippen molar-refractivity contribution in [3.05, 3.63) is 59.2 Å². The van der Waals surface area contributed by atoms with Crippen molar-refractivity contribution < 1.29 is 23.1 Å². The van der Waals surface area contributed by atoms with E-state index in [1.807, 2.05) is 0 Å². The number of para-hydroxylation sites is 1. The fourth-order valence-electron chi connectivity index (χ4n) is 4.49. The van der Waals surface area contributed by atoms with Crippen LogP contribution in [0.3, 0.4) is 0 Å². The molecule has 1 unspecified atom stereocenters. The lowest BCUT2D eigenvalue weighted by Gasteiger charge is -2.39. The van der Waals surface area contributed by atoms with Crippen LogP contribution in [0.2, 0.25) is 0 Å². The van der Waals surface area contributed by atoms with Crippen LogP contribution in [-0.2, 0) is 16.4 Å². The highest BCUT2D eigenvalue weighted by molar-refractivity contribution is 6.09. The zero-order chi connectivity index (χ0) is 19.2. The van der Waals surface area contributed by atoms with Gasteiger partial charge in [0.1, 0.15) is 11.2 Å². The van der Waals surface area contributed by atoms with Crippen LogP contribution in [0.4, 0.5) is 18.9 Å². The van der Waals surface area contributed by atoms with Gasteiger partial charge in [-0.15, -0.1) is 0 Å². The van der Waals surface area contributed by atoms with Gasteiger partial charge in [0.15, 0.2) is 0 Å². The summed E-state index contributed by atoms with van der Waals surface area (Å²) < 4.78 is 40.6. The van der Waals surface area contributed by atoms with E-state index in [0.717, 1.165) is 6.07 Å². The first kappa shape index (κ1) is 17.9. The van der Waals surface area contributed by atoms with Crippen molar-refractivity contribution >= 4 is 11.6 Å². The molecule has 1 saturated heterocycles. The number of fused-ring (bicyclic) bond motifs is 1. The molecule has 0 aliphatic carbocycles. The van der Waals surface area contributed by atoms with Gasteiger partial charge in [0.05, 0.1) is 11.3 Å². The number of hydrogen-bond donors (Lipinski definition) is 3. The summed E-state index contributed by atoms with van der Waals surface area (Å²) in [5.74, 6) is -0.540. The fourth-order valence-corrected chi connectivity index (χ4v) is 4.49. The molecule has 1 fully saturated rings. The second-order valence-corrected chi connectivity index (χ2v) is 7.06. The smallest absolute Gasteiger partial charge is 0.418 e. The molecule has 2 aliphatic heterocycles. The molecule has 1 atom stereocenters. The van der Waals surface area contributed by atoms with Crippen LogP contribution >= 0.6 is 0 Å². The van der Waals surface area contributed by atoms with Crippen LogP contribution in [0, 0.1) is 5.92 Å². The zero-order valence-electron chi connectivity index (χ0n) is 14.4. The maximum absolute atomic E-state index is 13.5. The minimum atomic E-state index is -4.56. The number of alkyl halides is 3. The standard InChI is InChI=1S/C20H19F3N2O2/c21-20(22,23)16-3-1-2-15-17(16)25-18(27)19(15,13-8-10-24-11-9-13)12-4-6-14(26)7-5-12/h1-7,13,24,26H,8-11H2,(H,25,27). The van der Waals surface area contributed by atoms with E-state index in [-0.39, 0.29) is 17.4 Å². The summed E-state index contributed by atoms with van der Waals surface area (Å²) in [4.78, 5) is 13.3. The molecule has 27 heavy (non-hydrogen) atoms. The van der Waals surface area contributed by atoms with Crippen molar-refractivity contribution in [2.24, 2.45) is 5.92 Å². The maximum atomic E-state index is 13.5. The summed E-state index contributed by atoms with van der Waals surface area (Å²) in [7, 11) is 0. The third-order valence-corrected chi connectivity index (χ3v) is 5.67. The Labute approximate surface area is 154 Å². The lowest BCUT2D eigenvalue weighted by Crippen LogP contribution is -2.47. The molecule has 142 valence electrons. The molecular weight excluding hydrogens is 357 g/mol. The number of hydrogen-bond acceptors (Lipinski definition) is 3. The SMILES string of the molecule is O=C1Nc2c(C(F)(F)F)cccc2C1(c1ccc(O)cc1)C1CCNCC1.